The molecule has 0 bridgehead atoms. The zero-order valence-corrected chi connectivity index (χ0v) is 12.6. The number of amides is 1. The average molecular weight is 315 g/mol. The van der Waals surface area contributed by atoms with Gasteiger partial charge in [-0.1, -0.05) is 0 Å². The Bertz CT molecular complexity index is 421. The highest BCUT2D eigenvalue weighted by Crippen LogP contribution is 2.22. The number of pyridine rings is 1. The summed E-state index contributed by atoms with van der Waals surface area (Å²) in [5, 5.41) is 0. The highest BCUT2D eigenvalue weighted by molar-refractivity contribution is 9.10. The van der Waals surface area contributed by atoms with Gasteiger partial charge in [0.05, 0.1) is 12.2 Å². The van der Waals surface area contributed by atoms with E-state index < -0.39 is 0 Å². The fourth-order valence-electron chi connectivity index (χ4n) is 1.72. The summed E-state index contributed by atoms with van der Waals surface area (Å²) >= 11 is 3.31. The first kappa shape index (κ1) is 14.8. The molecular formula is C12H19BrN4O. The Hall–Kier alpha value is -1.30. The fraction of sp³-hybridized carbons (Fsp3) is 0.500. The van der Waals surface area contributed by atoms with Gasteiger partial charge in [-0.3, -0.25) is 4.79 Å². The molecule has 0 aromatic carbocycles. The molecule has 0 spiro atoms. The van der Waals surface area contributed by atoms with Gasteiger partial charge in [0.25, 0.3) is 0 Å². The Kier molecular flexibility index (Phi) is 5.40. The molecule has 100 valence electrons. The fourth-order valence-corrected chi connectivity index (χ4v) is 2.07. The third-order valence-corrected chi connectivity index (χ3v) is 3.15. The Morgan fingerprint density at radius 3 is 2.56 bits per heavy atom. The summed E-state index contributed by atoms with van der Waals surface area (Å²) in [7, 11) is 1.81. The molecule has 0 aliphatic rings. The maximum absolute atomic E-state index is 12.0. The number of likely N-dealkylation sites (N-methyl/N-ethyl adjacent to an activating group) is 2. The van der Waals surface area contributed by atoms with Crippen LogP contribution in [0.15, 0.2) is 16.7 Å². The van der Waals surface area contributed by atoms with Gasteiger partial charge in [-0.2, -0.15) is 0 Å². The lowest BCUT2D eigenvalue weighted by molar-refractivity contribution is -0.129. The van der Waals surface area contributed by atoms with E-state index in [0.29, 0.717) is 24.6 Å². The largest absolute Gasteiger partial charge is 0.396 e. The van der Waals surface area contributed by atoms with E-state index in [2.05, 4.69) is 20.9 Å². The molecule has 18 heavy (non-hydrogen) atoms. The van der Waals surface area contributed by atoms with Crippen LogP contribution in [0.25, 0.3) is 0 Å². The predicted octanol–water partition coefficient (Wildman–Crippen LogP) is 1.73. The number of nitrogen functional groups attached to an aromatic ring is 1. The summed E-state index contributed by atoms with van der Waals surface area (Å²) < 4.78 is 0.826. The number of carbonyl (C=O) groups excluding carboxylic acids is 1. The third-order valence-electron chi connectivity index (χ3n) is 2.71. The van der Waals surface area contributed by atoms with Gasteiger partial charge in [0.15, 0.2) is 5.82 Å². The van der Waals surface area contributed by atoms with E-state index in [-0.39, 0.29) is 12.5 Å². The molecule has 2 N–H and O–H groups in total. The summed E-state index contributed by atoms with van der Waals surface area (Å²) in [5.41, 5.74) is 6.43. The Balaban J connectivity index is 2.76. The van der Waals surface area contributed by atoms with Gasteiger partial charge in [-0.25, -0.2) is 4.98 Å². The van der Waals surface area contributed by atoms with Crippen LogP contribution in [0.2, 0.25) is 0 Å². The van der Waals surface area contributed by atoms with Crippen molar-refractivity contribution in [3.8, 4) is 0 Å². The maximum Gasteiger partial charge on any atom is 0.242 e. The van der Waals surface area contributed by atoms with Crippen LogP contribution in [0, 0.1) is 0 Å². The van der Waals surface area contributed by atoms with Crippen LogP contribution >= 0.6 is 15.9 Å². The van der Waals surface area contributed by atoms with Crippen LogP contribution in [-0.2, 0) is 4.79 Å². The first-order valence-corrected chi connectivity index (χ1v) is 6.68. The van der Waals surface area contributed by atoms with Crippen molar-refractivity contribution in [2.45, 2.75) is 13.8 Å². The summed E-state index contributed by atoms with van der Waals surface area (Å²) in [6.07, 6.45) is 1.67. The molecule has 0 aliphatic heterocycles. The van der Waals surface area contributed by atoms with Gasteiger partial charge in [0.1, 0.15) is 0 Å². The van der Waals surface area contributed by atoms with Crippen molar-refractivity contribution in [3.63, 3.8) is 0 Å². The quantitative estimate of drug-likeness (QED) is 0.899. The zero-order chi connectivity index (χ0) is 13.7. The summed E-state index contributed by atoms with van der Waals surface area (Å²) in [4.78, 5) is 19.7. The second-order valence-electron chi connectivity index (χ2n) is 3.99. The normalized spacial score (nSPS) is 10.2. The molecule has 0 aliphatic carbocycles. The molecule has 1 rings (SSSR count). The molecule has 1 aromatic heterocycles. The second kappa shape index (κ2) is 6.58. The molecule has 0 atom stereocenters. The number of nitrogens with zero attached hydrogens (tertiary/aromatic N) is 3. The molecular weight excluding hydrogens is 296 g/mol. The van der Waals surface area contributed by atoms with Gasteiger partial charge in [0, 0.05) is 30.8 Å². The Morgan fingerprint density at radius 1 is 1.44 bits per heavy atom. The van der Waals surface area contributed by atoms with Gasteiger partial charge in [-0.05, 0) is 35.8 Å². The number of hydrogen-bond donors (Lipinski definition) is 1. The molecule has 0 unspecified atom stereocenters. The lowest BCUT2D eigenvalue weighted by atomic mass is 10.3. The highest BCUT2D eigenvalue weighted by Gasteiger charge is 2.15. The van der Waals surface area contributed by atoms with E-state index in [1.165, 1.54) is 0 Å². The van der Waals surface area contributed by atoms with Crippen LogP contribution in [0.3, 0.4) is 0 Å². The van der Waals surface area contributed by atoms with Crippen molar-refractivity contribution in [2.24, 2.45) is 0 Å². The van der Waals surface area contributed by atoms with Crippen molar-refractivity contribution < 1.29 is 4.79 Å². The Labute approximate surface area is 116 Å². The standard InChI is InChI=1S/C12H19BrN4O/c1-4-17(5-2)11(18)8-16(3)12-10(14)6-9(13)7-15-12/h6-7H,4-5,8,14H2,1-3H3. The minimum absolute atomic E-state index is 0.0756. The van der Waals surface area contributed by atoms with Crippen LogP contribution in [0.5, 0.6) is 0 Å². The van der Waals surface area contributed by atoms with Crippen LogP contribution in [-0.4, -0.2) is 42.5 Å². The topological polar surface area (TPSA) is 62.5 Å². The van der Waals surface area contributed by atoms with Gasteiger partial charge in [-0.15, -0.1) is 0 Å². The maximum atomic E-state index is 12.0. The van der Waals surface area contributed by atoms with Crippen molar-refractivity contribution in [1.29, 1.82) is 0 Å². The SMILES string of the molecule is CCN(CC)C(=O)CN(C)c1ncc(Br)cc1N. The number of nitrogens with two attached hydrogens (primary N) is 1. The minimum atomic E-state index is 0.0756. The third kappa shape index (κ3) is 3.60. The predicted molar refractivity (Wildman–Crippen MR) is 77.5 cm³/mol. The zero-order valence-electron chi connectivity index (χ0n) is 11.0. The van der Waals surface area contributed by atoms with Crippen LogP contribution in [0.1, 0.15) is 13.8 Å². The lowest BCUT2D eigenvalue weighted by Crippen LogP contribution is -2.39. The van der Waals surface area contributed by atoms with Gasteiger partial charge < -0.3 is 15.5 Å². The first-order valence-electron chi connectivity index (χ1n) is 5.89. The molecule has 6 heteroatoms. The smallest absolute Gasteiger partial charge is 0.242 e. The molecule has 0 saturated carbocycles. The molecule has 1 aromatic rings. The van der Waals surface area contributed by atoms with Gasteiger partial charge >= 0.3 is 0 Å². The minimum Gasteiger partial charge on any atom is -0.396 e. The van der Waals surface area contributed by atoms with E-state index in [0.717, 1.165) is 4.47 Å². The lowest BCUT2D eigenvalue weighted by Gasteiger charge is -2.24. The molecule has 5 nitrogen and oxygen atoms in total. The van der Waals surface area contributed by atoms with Crippen molar-refractivity contribution in [1.82, 2.24) is 9.88 Å². The van der Waals surface area contributed by atoms with E-state index >= 15 is 0 Å². The van der Waals surface area contributed by atoms with Crippen molar-refractivity contribution in [2.75, 3.05) is 37.3 Å². The Morgan fingerprint density at radius 2 is 2.06 bits per heavy atom. The van der Waals surface area contributed by atoms with E-state index in [1.54, 1.807) is 22.1 Å². The average Bonchev–Trinajstić information content (AvgIpc) is 2.30. The first-order chi connectivity index (χ1) is 8.49. The molecule has 1 amide bonds. The van der Waals surface area contributed by atoms with Gasteiger partial charge in [0.2, 0.25) is 5.91 Å². The van der Waals surface area contributed by atoms with E-state index in [9.17, 15) is 4.79 Å². The monoisotopic (exact) mass is 314 g/mol. The van der Waals surface area contributed by atoms with Crippen molar-refractivity contribution in [3.05, 3.63) is 16.7 Å². The van der Waals surface area contributed by atoms with E-state index in [1.807, 2.05) is 20.9 Å². The number of aromatic nitrogens is 1. The van der Waals surface area contributed by atoms with Crippen LogP contribution in [0.4, 0.5) is 11.5 Å². The number of rotatable bonds is 5. The summed E-state index contributed by atoms with van der Waals surface area (Å²) in [5.74, 6) is 0.699. The second-order valence-corrected chi connectivity index (χ2v) is 4.90. The number of hydrogen-bond acceptors (Lipinski definition) is 4. The highest BCUT2D eigenvalue weighted by atomic mass is 79.9. The summed E-state index contributed by atoms with van der Waals surface area (Å²) in [6.45, 7) is 5.64. The summed E-state index contributed by atoms with van der Waals surface area (Å²) in [6, 6.07) is 1.78. The molecule has 0 fully saturated rings. The molecule has 0 saturated heterocycles. The number of halogens is 1. The molecule has 1 heterocycles. The molecule has 0 radical (unpaired) electrons. The number of anilines is 2. The number of carbonyl (C=O) groups is 1. The van der Waals surface area contributed by atoms with Crippen LogP contribution < -0.4 is 10.6 Å². The van der Waals surface area contributed by atoms with E-state index in [4.69, 9.17) is 5.73 Å². The van der Waals surface area contributed by atoms with Crippen molar-refractivity contribution >= 4 is 33.3 Å².